The van der Waals surface area contributed by atoms with E-state index in [1.807, 2.05) is 11.4 Å². The molecule has 1 fully saturated rings. The van der Waals surface area contributed by atoms with E-state index in [0.29, 0.717) is 23.2 Å². The molecular weight excluding hydrogens is 274 g/mol. The first-order chi connectivity index (χ1) is 9.83. The van der Waals surface area contributed by atoms with Crippen LogP contribution in [0.5, 0.6) is 0 Å². The number of nitrogens with zero attached hydrogens (tertiary/aromatic N) is 1. The number of rotatable bonds is 6. The van der Waals surface area contributed by atoms with E-state index in [0.717, 1.165) is 18.7 Å². The topological polar surface area (TPSA) is 67.0 Å². The summed E-state index contributed by atoms with van der Waals surface area (Å²) in [6.07, 6.45) is 5.44. The monoisotopic (exact) mass is 293 g/mol. The second kappa shape index (κ2) is 6.47. The van der Waals surface area contributed by atoms with Gasteiger partial charge in [-0.05, 0) is 24.3 Å². The molecule has 20 heavy (non-hydrogen) atoms. The van der Waals surface area contributed by atoms with Crippen LogP contribution in [0.2, 0.25) is 0 Å². The molecule has 0 unspecified atom stereocenters. The van der Waals surface area contributed by atoms with Gasteiger partial charge in [0.25, 0.3) is 5.56 Å². The van der Waals surface area contributed by atoms with Crippen LogP contribution in [0.15, 0.2) is 16.2 Å². The number of fused-ring (bicyclic) bond motifs is 1. The van der Waals surface area contributed by atoms with Crippen molar-refractivity contribution in [2.24, 2.45) is 0 Å². The fourth-order valence-electron chi connectivity index (χ4n) is 2.56. The highest BCUT2D eigenvalue weighted by atomic mass is 32.1. The summed E-state index contributed by atoms with van der Waals surface area (Å²) in [7, 11) is 0. The second-order valence-electron chi connectivity index (χ2n) is 5.10. The molecule has 0 radical (unpaired) electrons. The van der Waals surface area contributed by atoms with E-state index in [1.54, 1.807) is 0 Å². The number of hydrogen-bond donors (Lipinski definition) is 2. The summed E-state index contributed by atoms with van der Waals surface area (Å²) >= 11 is 1.42. The Labute approximate surface area is 121 Å². The first-order valence-electron chi connectivity index (χ1n) is 7.11. The van der Waals surface area contributed by atoms with Gasteiger partial charge in [0.1, 0.15) is 10.5 Å². The lowest BCUT2D eigenvalue weighted by atomic mass is 10.3. The minimum atomic E-state index is -0.0518. The number of aromatic nitrogens is 2. The maximum absolute atomic E-state index is 11.8. The van der Waals surface area contributed by atoms with Crippen LogP contribution >= 0.6 is 11.3 Å². The summed E-state index contributed by atoms with van der Waals surface area (Å²) in [5.74, 6) is 0.682. The van der Waals surface area contributed by atoms with Crippen molar-refractivity contribution in [1.29, 1.82) is 0 Å². The van der Waals surface area contributed by atoms with Crippen molar-refractivity contribution in [2.75, 3.05) is 13.2 Å². The molecule has 0 spiro atoms. The Morgan fingerprint density at radius 2 is 2.30 bits per heavy atom. The van der Waals surface area contributed by atoms with Gasteiger partial charge in [0.2, 0.25) is 0 Å². The van der Waals surface area contributed by atoms with E-state index in [4.69, 9.17) is 4.74 Å². The highest BCUT2D eigenvalue weighted by Gasteiger charge is 2.14. The van der Waals surface area contributed by atoms with E-state index in [-0.39, 0.29) is 5.56 Å². The summed E-state index contributed by atoms with van der Waals surface area (Å²) in [5, 5.41) is 5.14. The maximum Gasteiger partial charge on any atom is 0.268 e. The lowest BCUT2D eigenvalue weighted by Gasteiger charge is -2.11. The number of aromatic amines is 1. The SMILES string of the molecule is O=c1[nH]c(CNCCOC2CCCC2)nc2ccsc12. The molecule has 0 saturated heterocycles. The molecule has 1 saturated carbocycles. The van der Waals surface area contributed by atoms with Crippen LogP contribution in [-0.2, 0) is 11.3 Å². The zero-order chi connectivity index (χ0) is 13.8. The molecule has 108 valence electrons. The Balaban J connectivity index is 1.46. The van der Waals surface area contributed by atoms with E-state index < -0.39 is 0 Å². The third-order valence-electron chi connectivity index (χ3n) is 3.59. The van der Waals surface area contributed by atoms with E-state index in [2.05, 4.69) is 15.3 Å². The van der Waals surface area contributed by atoms with Crippen molar-refractivity contribution >= 4 is 21.6 Å². The molecule has 1 aliphatic carbocycles. The zero-order valence-electron chi connectivity index (χ0n) is 11.4. The second-order valence-corrected chi connectivity index (χ2v) is 6.02. The Hall–Kier alpha value is -1.24. The lowest BCUT2D eigenvalue weighted by molar-refractivity contribution is 0.0602. The van der Waals surface area contributed by atoms with Crippen molar-refractivity contribution in [2.45, 2.75) is 38.3 Å². The highest BCUT2D eigenvalue weighted by molar-refractivity contribution is 7.17. The predicted octanol–water partition coefficient (Wildman–Crippen LogP) is 2.03. The number of hydrogen-bond acceptors (Lipinski definition) is 5. The number of ether oxygens (including phenoxy) is 1. The molecule has 0 amide bonds. The quantitative estimate of drug-likeness (QED) is 0.800. The van der Waals surface area contributed by atoms with Gasteiger partial charge in [-0.25, -0.2) is 4.98 Å². The molecule has 2 aromatic rings. The molecule has 3 rings (SSSR count). The van der Waals surface area contributed by atoms with Crippen LogP contribution in [0.1, 0.15) is 31.5 Å². The third-order valence-corrected chi connectivity index (χ3v) is 4.49. The average Bonchev–Trinajstić information content (AvgIpc) is 3.08. The number of H-pyrrole nitrogens is 1. The van der Waals surface area contributed by atoms with Gasteiger partial charge in [0, 0.05) is 6.54 Å². The van der Waals surface area contributed by atoms with Gasteiger partial charge in [-0.3, -0.25) is 4.79 Å². The largest absolute Gasteiger partial charge is 0.377 e. The Kier molecular flexibility index (Phi) is 4.44. The van der Waals surface area contributed by atoms with Crippen molar-refractivity contribution in [3.8, 4) is 0 Å². The highest BCUT2D eigenvalue weighted by Crippen LogP contribution is 2.20. The van der Waals surface area contributed by atoms with Crippen molar-refractivity contribution in [1.82, 2.24) is 15.3 Å². The van der Waals surface area contributed by atoms with Crippen LogP contribution in [-0.4, -0.2) is 29.2 Å². The van der Waals surface area contributed by atoms with Gasteiger partial charge in [-0.1, -0.05) is 12.8 Å². The van der Waals surface area contributed by atoms with E-state index >= 15 is 0 Å². The smallest absolute Gasteiger partial charge is 0.268 e. The number of thiophene rings is 1. The van der Waals surface area contributed by atoms with Gasteiger partial charge < -0.3 is 15.0 Å². The summed E-state index contributed by atoms with van der Waals surface area (Å²) in [6, 6.07) is 1.88. The van der Waals surface area contributed by atoms with Gasteiger partial charge >= 0.3 is 0 Å². The van der Waals surface area contributed by atoms with Crippen LogP contribution in [0, 0.1) is 0 Å². The summed E-state index contributed by atoms with van der Waals surface area (Å²) in [4.78, 5) is 19.0. The molecule has 2 N–H and O–H groups in total. The standard InChI is InChI=1S/C14H19N3O2S/c18-14-13-11(5-8-20-13)16-12(17-14)9-15-6-7-19-10-3-1-2-4-10/h5,8,10,15H,1-4,6-7,9H2,(H,16,17,18). The molecule has 0 atom stereocenters. The Morgan fingerprint density at radius 3 is 3.15 bits per heavy atom. The first-order valence-corrected chi connectivity index (χ1v) is 7.99. The molecule has 2 aromatic heterocycles. The maximum atomic E-state index is 11.8. The average molecular weight is 293 g/mol. The van der Waals surface area contributed by atoms with E-state index in [1.165, 1.54) is 37.0 Å². The number of nitrogens with one attached hydrogen (secondary N) is 2. The normalized spacial score (nSPS) is 16.2. The summed E-state index contributed by atoms with van der Waals surface area (Å²) in [6.45, 7) is 2.06. The van der Waals surface area contributed by atoms with Gasteiger partial charge in [0.15, 0.2) is 0 Å². The van der Waals surface area contributed by atoms with Crippen molar-refractivity contribution in [3.63, 3.8) is 0 Å². The fraction of sp³-hybridized carbons (Fsp3) is 0.571. The Morgan fingerprint density at radius 1 is 1.45 bits per heavy atom. The van der Waals surface area contributed by atoms with Crippen molar-refractivity contribution < 1.29 is 4.74 Å². The molecule has 5 nitrogen and oxygen atoms in total. The molecule has 0 aromatic carbocycles. The molecular formula is C14H19N3O2S. The molecule has 1 aliphatic rings. The molecule has 2 heterocycles. The van der Waals surface area contributed by atoms with Gasteiger partial charge in [-0.15, -0.1) is 11.3 Å². The third kappa shape index (κ3) is 3.26. The first kappa shape index (κ1) is 13.7. The van der Waals surface area contributed by atoms with Gasteiger partial charge in [-0.2, -0.15) is 0 Å². The minimum Gasteiger partial charge on any atom is -0.377 e. The van der Waals surface area contributed by atoms with Crippen molar-refractivity contribution in [3.05, 3.63) is 27.6 Å². The van der Waals surface area contributed by atoms with E-state index in [9.17, 15) is 4.79 Å². The Bertz CT molecular complexity index is 616. The van der Waals surface area contributed by atoms with Crippen LogP contribution < -0.4 is 10.9 Å². The van der Waals surface area contributed by atoms with Crippen LogP contribution in [0.3, 0.4) is 0 Å². The summed E-state index contributed by atoms with van der Waals surface area (Å²) < 4.78 is 6.46. The van der Waals surface area contributed by atoms with Crippen LogP contribution in [0.4, 0.5) is 0 Å². The fourth-order valence-corrected chi connectivity index (χ4v) is 3.29. The predicted molar refractivity (Wildman–Crippen MR) is 80.2 cm³/mol. The molecule has 0 bridgehead atoms. The van der Waals surface area contributed by atoms with Gasteiger partial charge in [0.05, 0.1) is 24.8 Å². The lowest BCUT2D eigenvalue weighted by Crippen LogP contribution is -2.24. The van der Waals surface area contributed by atoms with Crippen LogP contribution in [0.25, 0.3) is 10.2 Å². The summed E-state index contributed by atoms with van der Waals surface area (Å²) in [5.41, 5.74) is 0.724. The molecule has 0 aliphatic heterocycles. The molecule has 6 heteroatoms. The zero-order valence-corrected chi connectivity index (χ0v) is 12.2. The minimum absolute atomic E-state index is 0.0518.